The number of amides is 3. The van der Waals surface area contributed by atoms with Gasteiger partial charge in [0.05, 0.1) is 18.4 Å². The molecule has 156 valence electrons. The largest absolute Gasteiger partial charge is 0.364 e. The maximum absolute atomic E-state index is 13.6. The fourth-order valence-corrected chi connectivity index (χ4v) is 3.54. The van der Waals surface area contributed by atoms with Crippen molar-refractivity contribution in [3.63, 3.8) is 0 Å². The maximum Gasteiger partial charge on any atom is 0.341 e. The minimum atomic E-state index is -0.697. The maximum atomic E-state index is 13.6. The topological polar surface area (TPSA) is 108 Å². The molecule has 11 heteroatoms. The Kier molecular flexibility index (Phi) is 5.25. The summed E-state index contributed by atoms with van der Waals surface area (Å²) in [6.45, 7) is 1.72. The summed E-state index contributed by atoms with van der Waals surface area (Å²) in [7, 11) is 0. The minimum Gasteiger partial charge on any atom is -0.364 e. The standard InChI is InChI=1S/C19H19F2N7O2/c20-13-7-12(8-14(21)9-13)16-1-2-24-28(16)19(30)27-5-3-26(4-6-27)17-11-23-10-15(25-17)18(22)29/h2,7-11,16H,1,3-6H2,(H2,22,29). The Hall–Kier alpha value is -3.63. The molecule has 30 heavy (non-hydrogen) atoms. The number of benzene rings is 1. The predicted molar refractivity (Wildman–Crippen MR) is 104 cm³/mol. The first kappa shape index (κ1) is 19.7. The summed E-state index contributed by atoms with van der Waals surface area (Å²) in [5.41, 5.74) is 5.67. The van der Waals surface area contributed by atoms with Gasteiger partial charge < -0.3 is 15.5 Å². The molecular weight excluding hydrogens is 396 g/mol. The Bertz CT molecular complexity index is 988. The number of halogens is 2. The molecule has 1 aromatic heterocycles. The van der Waals surface area contributed by atoms with Crippen LogP contribution in [0.15, 0.2) is 35.7 Å². The number of nitrogens with two attached hydrogens (primary N) is 1. The Balaban J connectivity index is 1.43. The van der Waals surface area contributed by atoms with Crippen LogP contribution >= 0.6 is 0 Å². The normalized spacial score (nSPS) is 18.7. The monoisotopic (exact) mass is 415 g/mol. The van der Waals surface area contributed by atoms with Gasteiger partial charge in [0.1, 0.15) is 23.1 Å². The zero-order valence-corrected chi connectivity index (χ0v) is 15.9. The number of hydrazone groups is 1. The highest BCUT2D eigenvalue weighted by molar-refractivity contribution is 5.90. The number of piperazine rings is 1. The van der Waals surface area contributed by atoms with Crippen molar-refractivity contribution < 1.29 is 18.4 Å². The van der Waals surface area contributed by atoms with Gasteiger partial charge in [0, 0.05) is 44.9 Å². The van der Waals surface area contributed by atoms with E-state index in [1.54, 1.807) is 11.1 Å². The van der Waals surface area contributed by atoms with E-state index in [0.29, 0.717) is 44.0 Å². The van der Waals surface area contributed by atoms with Crippen LogP contribution in [-0.2, 0) is 0 Å². The average molecular weight is 415 g/mol. The van der Waals surface area contributed by atoms with E-state index in [9.17, 15) is 18.4 Å². The van der Waals surface area contributed by atoms with Crippen LogP contribution in [0.2, 0.25) is 0 Å². The Morgan fingerprint density at radius 2 is 1.73 bits per heavy atom. The molecule has 3 heterocycles. The molecule has 0 bridgehead atoms. The van der Waals surface area contributed by atoms with Gasteiger partial charge in [-0.2, -0.15) is 5.10 Å². The summed E-state index contributed by atoms with van der Waals surface area (Å²) < 4.78 is 27.2. The lowest BCUT2D eigenvalue weighted by atomic mass is 10.0. The molecule has 1 aromatic carbocycles. The van der Waals surface area contributed by atoms with Crippen LogP contribution in [0.4, 0.5) is 19.4 Å². The number of anilines is 1. The van der Waals surface area contributed by atoms with Gasteiger partial charge in [0.2, 0.25) is 0 Å². The van der Waals surface area contributed by atoms with Crippen LogP contribution in [0.3, 0.4) is 0 Å². The molecule has 3 amide bonds. The van der Waals surface area contributed by atoms with Gasteiger partial charge in [0.25, 0.3) is 5.91 Å². The average Bonchev–Trinajstić information content (AvgIpc) is 3.23. The second kappa shape index (κ2) is 8.01. The Labute approximate surface area is 170 Å². The van der Waals surface area contributed by atoms with E-state index in [-0.39, 0.29) is 11.7 Å². The van der Waals surface area contributed by atoms with Crippen molar-refractivity contribution in [2.75, 3.05) is 31.1 Å². The van der Waals surface area contributed by atoms with Gasteiger partial charge in [-0.3, -0.25) is 9.78 Å². The molecule has 0 spiro atoms. The quantitative estimate of drug-likeness (QED) is 0.818. The first-order valence-corrected chi connectivity index (χ1v) is 9.36. The third-order valence-corrected chi connectivity index (χ3v) is 5.04. The van der Waals surface area contributed by atoms with Crippen molar-refractivity contribution in [2.45, 2.75) is 12.5 Å². The summed E-state index contributed by atoms with van der Waals surface area (Å²) in [5.74, 6) is -1.55. The van der Waals surface area contributed by atoms with E-state index in [1.165, 1.54) is 29.5 Å². The van der Waals surface area contributed by atoms with E-state index in [2.05, 4.69) is 15.1 Å². The Morgan fingerprint density at radius 1 is 1.03 bits per heavy atom. The van der Waals surface area contributed by atoms with E-state index < -0.39 is 23.6 Å². The van der Waals surface area contributed by atoms with Crippen molar-refractivity contribution >= 4 is 24.0 Å². The molecule has 2 N–H and O–H groups in total. The molecule has 2 aliphatic rings. The molecule has 1 fully saturated rings. The molecule has 2 aliphatic heterocycles. The van der Waals surface area contributed by atoms with E-state index in [0.717, 1.165) is 6.07 Å². The highest BCUT2D eigenvalue weighted by Crippen LogP contribution is 2.30. The molecule has 0 radical (unpaired) electrons. The minimum absolute atomic E-state index is 0.0718. The summed E-state index contributed by atoms with van der Waals surface area (Å²) in [5, 5.41) is 5.38. The zero-order chi connectivity index (χ0) is 21.3. The van der Waals surface area contributed by atoms with Gasteiger partial charge in [-0.1, -0.05) is 0 Å². The summed E-state index contributed by atoms with van der Waals surface area (Å²) in [6, 6.07) is 2.32. The van der Waals surface area contributed by atoms with Crippen molar-refractivity contribution in [2.24, 2.45) is 10.8 Å². The summed E-state index contributed by atoms with van der Waals surface area (Å²) in [4.78, 5) is 36.0. The van der Waals surface area contributed by atoms with Gasteiger partial charge in [0.15, 0.2) is 0 Å². The van der Waals surface area contributed by atoms with Crippen molar-refractivity contribution in [3.05, 3.63) is 53.5 Å². The fourth-order valence-electron chi connectivity index (χ4n) is 3.54. The van der Waals surface area contributed by atoms with Crippen LogP contribution in [0.1, 0.15) is 28.5 Å². The number of primary amides is 1. The fraction of sp³-hybridized carbons (Fsp3) is 0.316. The number of carbonyl (C=O) groups is 2. The highest BCUT2D eigenvalue weighted by Gasteiger charge is 2.33. The molecule has 0 aliphatic carbocycles. The second-order valence-corrected chi connectivity index (χ2v) is 6.98. The number of rotatable bonds is 3. The smallest absolute Gasteiger partial charge is 0.341 e. The van der Waals surface area contributed by atoms with Gasteiger partial charge in [-0.15, -0.1) is 0 Å². The lowest BCUT2D eigenvalue weighted by Crippen LogP contribution is -2.52. The lowest BCUT2D eigenvalue weighted by Gasteiger charge is -2.37. The van der Waals surface area contributed by atoms with Crippen LogP contribution in [-0.4, -0.2) is 64.2 Å². The van der Waals surface area contributed by atoms with Crippen LogP contribution in [0.5, 0.6) is 0 Å². The highest BCUT2D eigenvalue weighted by atomic mass is 19.1. The summed E-state index contributed by atoms with van der Waals surface area (Å²) >= 11 is 0. The molecule has 0 saturated carbocycles. The van der Waals surface area contributed by atoms with Crippen LogP contribution < -0.4 is 10.6 Å². The van der Waals surface area contributed by atoms with E-state index in [1.807, 2.05) is 4.90 Å². The number of aromatic nitrogens is 2. The van der Waals surface area contributed by atoms with Crippen molar-refractivity contribution in [3.8, 4) is 0 Å². The number of hydrogen-bond acceptors (Lipinski definition) is 6. The molecule has 9 nitrogen and oxygen atoms in total. The molecule has 4 rings (SSSR count). The number of nitrogens with zero attached hydrogens (tertiary/aromatic N) is 6. The van der Waals surface area contributed by atoms with Gasteiger partial charge in [-0.05, 0) is 17.7 Å². The van der Waals surface area contributed by atoms with Crippen molar-refractivity contribution in [1.82, 2.24) is 19.9 Å². The van der Waals surface area contributed by atoms with Gasteiger partial charge in [-0.25, -0.2) is 23.6 Å². The molecular formula is C19H19F2N7O2. The molecule has 2 aromatic rings. The first-order chi connectivity index (χ1) is 14.4. The lowest BCUT2D eigenvalue weighted by molar-refractivity contribution is 0.0995. The molecule has 1 unspecified atom stereocenters. The van der Waals surface area contributed by atoms with E-state index >= 15 is 0 Å². The number of urea groups is 1. The SMILES string of the molecule is NC(=O)c1cncc(N2CCN(C(=O)N3N=CCC3c3cc(F)cc(F)c3)CC2)n1. The summed E-state index contributed by atoms with van der Waals surface area (Å²) in [6.07, 6.45) is 4.77. The second-order valence-electron chi connectivity index (χ2n) is 6.98. The zero-order valence-electron chi connectivity index (χ0n) is 15.9. The number of hydrogen-bond donors (Lipinski definition) is 1. The molecule has 1 atom stereocenters. The van der Waals surface area contributed by atoms with Crippen LogP contribution in [0, 0.1) is 11.6 Å². The van der Waals surface area contributed by atoms with E-state index in [4.69, 9.17) is 5.73 Å². The van der Waals surface area contributed by atoms with Crippen LogP contribution in [0.25, 0.3) is 0 Å². The Morgan fingerprint density at radius 3 is 2.40 bits per heavy atom. The third kappa shape index (κ3) is 3.91. The predicted octanol–water partition coefficient (Wildman–Crippen LogP) is 1.53. The third-order valence-electron chi connectivity index (χ3n) is 5.04. The van der Waals surface area contributed by atoms with Crippen molar-refractivity contribution in [1.29, 1.82) is 0 Å². The number of carbonyl (C=O) groups excluding carboxylic acids is 2. The molecule has 1 saturated heterocycles. The first-order valence-electron chi connectivity index (χ1n) is 9.36. The van der Waals surface area contributed by atoms with Gasteiger partial charge >= 0.3 is 6.03 Å².